The molecule has 2 aromatic rings. The van der Waals surface area contributed by atoms with E-state index in [0.29, 0.717) is 11.1 Å². The Bertz CT molecular complexity index is 656. The molecule has 1 heterocycles. The normalized spacial score (nSPS) is 10.6. The Kier molecular flexibility index (Phi) is 3.19. The molecule has 0 bridgehead atoms. The van der Waals surface area contributed by atoms with Crippen molar-refractivity contribution in [2.75, 3.05) is 14.1 Å². The van der Waals surface area contributed by atoms with Crippen molar-refractivity contribution in [1.29, 1.82) is 0 Å². The maximum atomic E-state index is 11.7. The van der Waals surface area contributed by atoms with E-state index in [1.807, 2.05) is 19.1 Å². The van der Waals surface area contributed by atoms with Crippen LogP contribution in [0.2, 0.25) is 0 Å². The van der Waals surface area contributed by atoms with Gasteiger partial charge in [-0.3, -0.25) is 4.79 Å². The van der Waals surface area contributed by atoms with Crippen LogP contribution in [0.15, 0.2) is 33.5 Å². The third kappa shape index (κ3) is 2.42. The van der Waals surface area contributed by atoms with Crippen LogP contribution in [-0.4, -0.2) is 24.9 Å². The number of carbonyl (C=O) groups excluding carboxylic acids is 1. The number of nitrogens with zero attached hydrogens (tertiary/aromatic N) is 1. The second-order valence-electron chi connectivity index (χ2n) is 4.56. The van der Waals surface area contributed by atoms with Gasteiger partial charge in [-0.25, -0.2) is 4.79 Å². The molecule has 1 aromatic carbocycles. The molecule has 0 unspecified atom stereocenters. The maximum absolute atomic E-state index is 11.7. The fourth-order valence-corrected chi connectivity index (χ4v) is 1.80. The summed E-state index contributed by atoms with van der Waals surface area (Å²) in [5, 5.41) is 0.815. The number of hydrogen-bond donors (Lipinski definition) is 0. The number of rotatable bonds is 2. The summed E-state index contributed by atoms with van der Waals surface area (Å²) in [6, 6.07) is 7.01. The largest absolute Gasteiger partial charge is 0.423 e. The molecule has 4 heteroatoms. The Balaban J connectivity index is 2.56. The van der Waals surface area contributed by atoms with Gasteiger partial charge in [0.05, 0.1) is 6.42 Å². The van der Waals surface area contributed by atoms with Crippen LogP contribution in [0.4, 0.5) is 0 Å². The Morgan fingerprint density at radius 1 is 1.28 bits per heavy atom. The van der Waals surface area contributed by atoms with E-state index in [1.165, 1.54) is 11.0 Å². The summed E-state index contributed by atoms with van der Waals surface area (Å²) in [5.41, 5.74) is 1.83. The zero-order chi connectivity index (χ0) is 13.3. The van der Waals surface area contributed by atoms with Crippen LogP contribution in [0, 0.1) is 6.92 Å². The molecule has 0 saturated heterocycles. The van der Waals surface area contributed by atoms with Gasteiger partial charge in [-0.15, -0.1) is 0 Å². The predicted molar refractivity (Wildman–Crippen MR) is 69.6 cm³/mol. The molecule has 0 spiro atoms. The van der Waals surface area contributed by atoms with Gasteiger partial charge in [0.25, 0.3) is 0 Å². The third-order valence-corrected chi connectivity index (χ3v) is 2.83. The van der Waals surface area contributed by atoms with Crippen LogP contribution in [-0.2, 0) is 11.2 Å². The summed E-state index contributed by atoms with van der Waals surface area (Å²) in [7, 11) is 3.39. The Morgan fingerprint density at radius 3 is 2.67 bits per heavy atom. The maximum Gasteiger partial charge on any atom is 0.336 e. The zero-order valence-electron chi connectivity index (χ0n) is 10.7. The molecule has 0 aliphatic rings. The van der Waals surface area contributed by atoms with E-state index in [2.05, 4.69) is 0 Å². The highest BCUT2D eigenvalue weighted by Gasteiger charge is 2.11. The SMILES string of the molecule is Cc1ccc2c(CC(=O)N(C)C)cc(=O)oc2c1. The van der Waals surface area contributed by atoms with Gasteiger partial charge in [0.15, 0.2) is 0 Å². The van der Waals surface area contributed by atoms with Crippen molar-refractivity contribution in [2.24, 2.45) is 0 Å². The first-order valence-electron chi connectivity index (χ1n) is 5.71. The van der Waals surface area contributed by atoms with Crippen molar-refractivity contribution in [3.05, 3.63) is 45.8 Å². The van der Waals surface area contributed by atoms with Crippen LogP contribution in [0.25, 0.3) is 11.0 Å². The molecule has 0 aliphatic carbocycles. The monoisotopic (exact) mass is 245 g/mol. The van der Waals surface area contributed by atoms with Crippen LogP contribution in [0.1, 0.15) is 11.1 Å². The van der Waals surface area contributed by atoms with Gasteiger partial charge in [-0.2, -0.15) is 0 Å². The third-order valence-electron chi connectivity index (χ3n) is 2.83. The Labute approximate surface area is 105 Å². The summed E-state index contributed by atoms with van der Waals surface area (Å²) >= 11 is 0. The summed E-state index contributed by atoms with van der Waals surface area (Å²) < 4.78 is 5.14. The minimum absolute atomic E-state index is 0.0394. The number of likely N-dealkylation sites (N-methyl/N-ethyl adjacent to an activating group) is 1. The predicted octanol–water partition coefficient (Wildman–Crippen LogP) is 1.73. The molecule has 18 heavy (non-hydrogen) atoms. The molecule has 0 radical (unpaired) electrons. The van der Waals surface area contributed by atoms with E-state index in [0.717, 1.165) is 10.9 Å². The summed E-state index contributed by atoms with van der Waals surface area (Å²) in [5.74, 6) is -0.0394. The minimum Gasteiger partial charge on any atom is -0.423 e. The second kappa shape index (κ2) is 4.64. The topological polar surface area (TPSA) is 50.5 Å². The molecule has 0 aliphatic heterocycles. The number of carbonyl (C=O) groups is 1. The van der Waals surface area contributed by atoms with Crippen molar-refractivity contribution in [3.63, 3.8) is 0 Å². The fourth-order valence-electron chi connectivity index (χ4n) is 1.80. The molecule has 4 nitrogen and oxygen atoms in total. The minimum atomic E-state index is -0.422. The van der Waals surface area contributed by atoms with Crippen LogP contribution >= 0.6 is 0 Å². The van der Waals surface area contributed by atoms with Crippen LogP contribution in [0.5, 0.6) is 0 Å². The van der Waals surface area contributed by atoms with Crippen molar-refractivity contribution in [1.82, 2.24) is 4.90 Å². The highest BCUT2D eigenvalue weighted by molar-refractivity contribution is 5.87. The van der Waals surface area contributed by atoms with E-state index in [-0.39, 0.29) is 12.3 Å². The van der Waals surface area contributed by atoms with Crippen molar-refractivity contribution >= 4 is 16.9 Å². The van der Waals surface area contributed by atoms with Crippen LogP contribution in [0.3, 0.4) is 0 Å². The van der Waals surface area contributed by atoms with Gasteiger partial charge >= 0.3 is 5.63 Å². The van der Waals surface area contributed by atoms with Crippen molar-refractivity contribution in [3.8, 4) is 0 Å². The smallest absolute Gasteiger partial charge is 0.336 e. The lowest BCUT2D eigenvalue weighted by Gasteiger charge is -2.11. The summed E-state index contributed by atoms with van der Waals surface area (Å²) in [4.78, 5) is 24.7. The van der Waals surface area contributed by atoms with Gasteiger partial charge in [-0.05, 0) is 24.1 Å². The molecule has 0 atom stereocenters. The Hall–Kier alpha value is -2.10. The van der Waals surface area contributed by atoms with Crippen LogP contribution < -0.4 is 5.63 Å². The lowest BCUT2D eigenvalue weighted by atomic mass is 10.1. The number of amides is 1. The number of aryl methyl sites for hydroxylation is 1. The lowest BCUT2D eigenvalue weighted by Crippen LogP contribution is -2.24. The molecule has 0 saturated carbocycles. The highest BCUT2D eigenvalue weighted by atomic mass is 16.4. The first-order valence-corrected chi connectivity index (χ1v) is 5.71. The van der Waals surface area contributed by atoms with Gasteiger partial charge in [0, 0.05) is 25.5 Å². The molecule has 1 amide bonds. The highest BCUT2D eigenvalue weighted by Crippen LogP contribution is 2.19. The number of fused-ring (bicyclic) bond motifs is 1. The molecule has 2 rings (SSSR count). The second-order valence-corrected chi connectivity index (χ2v) is 4.56. The van der Waals surface area contributed by atoms with Gasteiger partial charge in [-0.1, -0.05) is 12.1 Å². The van der Waals surface area contributed by atoms with E-state index >= 15 is 0 Å². The molecule has 0 fully saturated rings. The van der Waals surface area contributed by atoms with Gasteiger partial charge in [0.2, 0.25) is 5.91 Å². The van der Waals surface area contributed by atoms with E-state index < -0.39 is 5.63 Å². The van der Waals surface area contributed by atoms with Gasteiger partial charge in [0.1, 0.15) is 5.58 Å². The van der Waals surface area contributed by atoms with E-state index in [4.69, 9.17) is 4.42 Å². The van der Waals surface area contributed by atoms with E-state index in [9.17, 15) is 9.59 Å². The molecular weight excluding hydrogens is 230 g/mol. The molecular formula is C14H15NO3. The van der Waals surface area contributed by atoms with Gasteiger partial charge < -0.3 is 9.32 Å². The first kappa shape index (κ1) is 12.4. The summed E-state index contributed by atoms with van der Waals surface area (Å²) in [6.07, 6.45) is 0.207. The van der Waals surface area contributed by atoms with E-state index in [1.54, 1.807) is 20.2 Å². The van der Waals surface area contributed by atoms with Crippen molar-refractivity contribution in [2.45, 2.75) is 13.3 Å². The lowest BCUT2D eigenvalue weighted by molar-refractivity contribution is -0.127. The number of benzene rings is 1. The Morgan fingerprint density at radius 2 is 2.00 bits per heavy atom. The van der Waals surface area contributed by atoms with Crippen molar-refractivity contribution < 1.29 is 9.21 Å². The average molecular weight is 245 g/mol. The molecule has 0 N–H and O–H groups in total. The summed E-state index contributed by atoms with van der Waals surface area (Å²) in [6.45, 7) is 1.93. The zero-order valence-corrected chi connectivity index (χ0v) is 10.7. The molecule has 94 valence electrons. The average Bonchev–Trinajstić information content (AvgIpc) is 2.27. The molecule has 1 aromatic heterocycles. The standard InChI is InChI=1S/C14H15NO3/c1-9-4-5-11-10(7-13(16)15(2)3)8-14(17)18-12(11)6-9/h4-6,8H,7H2,1-3H3. The number of hydrogen-bond acceptors (Lipinski definition) is 3. The quantitative estimate of drug-likeness (QED) is 0.757. The first-order chi connectivity index (χ1) is 8.47. The fraction of sp³-hybridized carbons (Fsp3) is 0.286.